The van der Waals surface area contributed by atoms with Gasteiger partial charge in [0.25, 0.3) is 0 Å². The van der Waals surface area contributed by atoms with Crippen molar-refractivity contribution in [2.45, 2.75) is 20.3 Å². The third kappa shape index (κ3) is 0.906. The summed E-state index contributed by atoms with van der Waals surface area (Å²) in [6.45, 7) is 8.39. The molecule has 0 saturated heterocycles. The summed E-state index contributed by atoms with van der Waals surface area (Å²) >= 11 is 0. The maximum atomic E-state index is 4.08. The van der Waals surface area contributed by atoms with E-state index in [1.165, 1.54) is 12.0 Å². The van der Waals surface area contributed by atoms with Crippen LogP contribution in [0, 0.1) is 17.8 Å². The SMILES string of the molecule is C=C(C)C1C(=CC)C2C=CC1C2. The van der Waals surface area contributed by atoms with Crippen LogP contribution in [0.4, 0.5) is 0 Å². The van der Waals surface area contributed by atoms with Gasteiger partial charge in [-0.15, -0.1) is 0 Å². The van der Waals surface area contributed by atoms with Gasteiger partial charge in [0.1, 0.15) is 0 Å². The molecule has 0 aromatic rings. The van der Waals surface area contributed by atoms with E-state index in [2.05, 4.69) is 38.7 Å². The normalized spacial score (nSPS) is 41.2. The number of hydrogen-bond donors (Lipinski definition) is 0. The molecule has 2 aliphatic rings. The standard InChI is InChI=1S/C12H16/c1-4-11-9-5-6-10(7-9)12(11)8(2)3/h4-6,9-10,12H,2,7H2,1,3H3. The Morgan fingerprint density at radius 3 is 2.83 bits per heavy atom. The second kappa shape index (κ2) is 2.62. The van der Waals surface area contributed by atoms with E-state index < -0.39 is 0 Å². The Kier molecular flexibility index (Phi) is 1.71. The van der Waals surface area contributed by atoms with Gasteiger partial charge in [-0.05, 0) is 32.1 Å². The first-order chi connectivity index (χ1) is 5.74. The van der Waals surface area contributed by atoms with E-state index in [0.29, 0.717) is 5.92 Å². The summed E-state index contributed by atoms with van der Waals surface area (Å²) in [6, 6.07) is 0. The Morgan fingerprint density at radius 2 is 2.33 bits per heavy atom. The van der Waals surface area contributed by atoms with Gasteiger partial charge in [0.15, 0.2) is 0 Å². The number of rotatable bonds is 1. The topological polar surface area (TPSA) is 0 Å². The molecule has 0 nitrogen and oxygen atoms in total. The van der Waals surface area contributed by atoms with E-state index >= 15 is 0 Å². The fraction of sp³-hybridized carbons (Fsp3) is 0.500. The molecule has 3 unspecified atom stereocenters. The minimum absolute atomic E-state index is 0.657. The van der Waals surface area contributed by atoms with Crippen molar-refractivity contribution in [2.24, 2.45) is 17.8 Å². The van der Waals surface area contributed by atoms with Crippen LogP contribution in [0.5, 0.6) is 0 Å². The quantitative estimate of drug-likeness (QED) is 0.516. The highest BCUT2D eigenvalue weighted by molar-refractivity contribution is 5.35. The van der Waals surface area contributed by atoms with E-state index in [9.17, 15) is 0 Å². The van der Waals surface area contributed by atoms with Gasteiger partial charge in [-0.25, -0.2) is 0 Å². The van der Waals surface area contributed by atoms with Crippen LogP contribution in [0.15, 0.2) is 36.0 Å². The minimum atomic E-state index is 0.657. The van der Waals surface area contributed by atoms with Gasteiger partial charge in [0.05, 0.1) is 0 Å². The molecule has 1 fully saturated rings. The first-order valence-electron chi connectivity index (χ1n) is 4.74. The van der Waals surface area contributed by atoms with Gasteiger partial charge >= 0.3 is 0 Å². The first-order valence-corrected chi connectivity index (χ1v) is 4.74. The Hall–Kier alpha value is -0.780. The van der Waals surface area contributed by atoms with Gasteiger partial charge in [0, 0.05) is 5.92 Å². The zero-order valence-electron chi connectivity index (χ0n) is 7.88. The van der Waals surface area contributed by atoms with Crippen LogP contribution >= 0.6 is 0 Å². The van der Waals surface area contributed by atoms with Gasteiger partial charge in [0.2, 0.25) is 0 Å². The summed E-state index contributed by atoms with van der Waals surface area (Å²) in [5, 5.41) is 0. The van der Waals surface area contributed by atoms with E-state index in [1.807, 2.05) is 0 Å². The third-order valence-corrected chi connectivity index (χ3v) is 3.20. The lowest BCUT2D eigenvalue weighted by Gasteiger charge is -2.21. The van der Waals surface area contributed by atoms with Crippen molar-refractivity contribution in [3.8, 4) is 0 Å². The molecular weight excluding hydrogens is 144 g/mol. The second-order valence-electron chi connectivity index (χ2n) is 4.00. The Labute approximate surface area is 74.7 Å². The molecule has 1 saturated carbocycles. The van der Waals surface area contributed by atoms with Crippen molar-refractivity contribution in [1.82, 2.24) is 0 Å². The van der Waals surface area contributed by atoms with Crippen LogP contribution in [0.3, 0.4) is 0 Å². The highest BCUT2D eigenvalue weighted by Crippen LogP contribution is 2.49. The molecule has 3 atom stereocenters. The van der Waals surface area contributed by atoms with Crippen molar-refractivity contribution in [3.63, 3.8) is 0 Å². The van der Waals surface area contributed by atoms with Crippen LogP contribution in [0.25, 0.3) is 0 Å². The number of hydrogen-bond acceptors (Lipinski definition) is 0. The molecule has 0 aromatic heterocycles. The van der Waals surface area contributed by atoms with Crippen molar-refractivity contribution in [2.75, 3.05) is 0 Å². The maximum absolute atomic E-state index is 4.08. The Bertz CT molecular complexity index is 268. The molecule has 12 heavy (non-hydrogen) atoms. The van der Waals surface area contributed by atoms with Gasteiger partial charge < -0.3 is 0 Å². The van der Waals surface area contributed by atoms with Crippen LogP contribution in [0.2, 0.25) is 0 Å². The van der Waals surface area contributed by atoms with E-state index in [-0.39, 0.29) is 0 Å². The molecular formula is C12H16. The van der Waals surface area contributed by atoms with Crippen LogP contribution in [0.1, 0.15) is 20.3 Å². The molecule has 2 bridgehead atoms. The zero-order chi connectivity index (χ0) is 8.72. The molecule has 0 aliphatic heterocycles. The molecule has 2 aliphatic carbocycles. The highest BCUT2D eigenvalue weighted by Gasteiger charge is 2.39. The summed E-state index contributed by atoms with van der Waals surface area (Å²) in [7, 11) is 0. The summed E-state index contributed by atoms with van der Waals surface area (Å²) in [5.41, 5.74) is 2.94. The molecule has 0 aromatic carbocycles. The van der Waals surface area contributed by atoms with Crippen molar-refractivity contribution >= 4 is 0 Å². The molecule has 0 N–H and O–H groups in total. The molecule has 0 radical (unpaired) electrons. The first kappa shape index (κ1) is 7.85. The third-order valence-electron chi connectivity index (χ3n) is 3.20. The van der Waals surface area contributed by atoms with Gasteiger partial charge in [-0.3, -0.25) is 0 Å². The average Bonchev–Trinajstić information content (AvgIpc) is 2.60. The van der Waals surface area contributed by atoms with Crippen molar-refractivity contribution in [1.29, 1.82) is 0 Å². The predicted molar refractivity (Wildman–Crippen MR) is 52.8 cm³/mol. The predicted octanol–water partition coefficient (Wildman–Crippen LogP) is 3.33. The summed E-state index contributed by atoms with van der Waals surface area (Å²) in [5.74, 6) is 2.16. The van der Waals surface area contributed by atoms with E-state index in [4.69, 9.17) is 0 Å². The van der Waals surface area contributed by atoms with Crippen molar-refractivity contribution < 1.29 is 0 Å². The average molecular weight is 160 g/mol. The van der Waals surface area contributed by atoms with Crippen LogP contribution < -0.4 is 0 Å². The largest absolute Gasteiger partial charge is 0.0995 e. The lowest BCUT2D eigenvalue weighted by molar-refractivity contribution is 0.580. The number of fused-ring (bicyclic) bond motifs is 2. The molecule has 0 spiro atoms. The lowest BCUT2D eigenvalue weighted by Crippen LogP contribution is -2.10. The lowest BCUT2D eigenvalue weighted by atomic mass is 9.84. The van der Waals surface area contributed by atoms with Crippen LogP contribution in [-0.4, -0.2) is 0 Å². The molecule has 64 valence electrons. The zero-order valence-corrected chi connectivity index (χ0v) is 7.88. The highest BCUT2D eigenvalue weighted by atomic mass is 14.4. The summed E-state index contributed by atoms with van der Waals surface area (Å²) in [6.07, 6.45) is 8.35. The second-order valence-corrected chi connectivity index (χ2v) is 4.00. The van der Waals surface area contributed by atoms with Crippen molar-refractivity contribution in [3.05, 3.63) is 36.0 Å². The van der Waals surface area contributed by atoms with Gasteiger partial charge in [-0.2, -0.15) is 0 Å². The maximum Gasteiger partial charge on any atom is 0.00704 e. The molecule has 0 amide bonds. The molecule has 0 heteroatoms. The van der Waals surface area contributed by atoms with E-state index in [0.717, 1.165) is 11.8 Å². The fourth-order valence-electron chi connectivity index (χ4n) is 2.74. The van der Waals surface area contributed by atoms with Crippen LogP contribution in [-0.2, 0) is 0 Å². The summed E-state index contributed by atoms with van der Waals surface area (Å²) in [4.78, 5) is 0. The molecule has 2 rings (SSSR count). The summed E-state index contributed by atoms with van der Waals surface area (Å²) < 4.78 is 0. The van der Waals surface area contributed by atoms with Gasteiger partial charge in [-0.1, -0.05) is 36.0 Å². The fourth-order valence-corrected chi connectivity index (χ4v) is 2.74. The van der Waals surface area contributed by atoms with E-state index in [1.54, 1.807) is 5.57 Å². The minimum Gasteiger partial charge on any atom is -0.0995 e. The number of allylic oxidation sites excluding steroid dienone is 5. The monoisotopic (exact) mass is 160 g/mol. The Balaban J connectivity index is 2.35. The Morgan fingerprint density at radius 1 is 1.58 bits per heavy atom. The molecule has 0 heterocycles. The smallest absolute Gasteiger partial charge is 0.00704 e.